The van der Waals surface area contributed by atoms with Crippen LogP contribution in [0.15, 0.2) is 24.3 Å². The van der Waals surface area contributed by atoms with Gasteiger partial charge in [-0.15, -0.1) is 4.52 Å². The van der Waals surface area contributed by atoms with Gasteiger partial charge in [0.1, 0.15) is 5.60 Å². The van der Waals surface area contributed by atoms with Crippen molar-refractivity contribution in [3.8, 4) is 0 Å². The summed E-state index contributed by atoms with van der Waals surface area (Å²) in [6.07, 6.45) is 0. The Hall–Kier alpha value is -1.36. The van der Waals surface area contributed by atoms with Gasteiger partial charge < -0.3 is 0 Å². The molecule has 1 unspecified atom stereocenters. The quantitative estimate of drug-likeness (QED) is 0.497. The molecule has 0 aliphatic heterocycles. The highest BCUT2D eigenvalue weighted by Gasteiger charge is 2.31. The second-order valence-electron chi connectivity index (χ2n) is 3.69. The van der Waals surface area contributed by atoms with E-state index in [2.05, 4.69) is 0 Å². The number of non-ortho nitro benzene ring substituents is 1. The topological polar surface area (TPSA) is 95.5 Å². The van der Waals surface area contributed by atoms with Crippen LogP contribution in [0.2, 0.25) is 0 Å². The van der Waals surface area contributed by atoms with Crippen LogP contribution in [0.3, 0.4) is 0 Å². The highest BCUT2D eigenvalue weighted by Crippen LogP contribution is 2.33. The fourth-order valence-electron chi connectivity index (χ4n) is 1.26. The van der Waals surface area contributed by atoms with Crippen molar-refractivity contribution in [1.82, 2.24) is 0 Å². The smallest absolute Gasteiger partial charge is 0.258 e. The molecule has 0 bridgehead atoms. The summed E-state index contributed by atoms with van der Waals surface area (Å²) in [5, 5.41) is 10.4. The zero-order valence-corrected chi connectivity index (χ0v) is 9.81. The fourth-order valence-corrected chi connectivity index (χ4v) is 1.82. The predicted octanol–water partition coefficient (Wildman–Crippen LogP) is 2.46. The molecule has 0 amide bonds. The Bertz CT molecular complexity index is 416. The van der Waals surface area contributed by atoms with Crippen molar-refractivity contribution in [2.24, 2.45) is 5.50 Å². The van der Waals surface area contributed by atoms with Crippen molar-refractivity contribution >= 4 is 13.9 Å². The van der Waals surface area contributed by atoms with Gasteiger partial charge in [-0.1, -0.05) is 5.50 Å². The first kappa shape index (κ1) is 12.7. The third-order valence-electron chi connectivity index (χ3n) is 2.09. The first-order valence-electron chi connectivity index (χ1n) is 4.49. The lowest BCUT2D eigenvalue weighted by Gasteiger charge is -2.17. The van der Waals surface area contributed by atoms with Crippen LogP contribution in [0.4, 0.5) is 5.69 Å². The van der Waals surface area contributed by atoms with E-state index in [1.165, 1.54) is 12.1 Å². The number of nitrogens with two attached hydrogens (primary N) is 1. The second kappa shape index (κ2) is 4.65. The molecule has 0 saturated heterocycles. The second-order valence-corrected chi connectivity index (χ2v) is 4.44. The van der Waals surface area contributed by atoms with E-state index in [1.54, 1.807) is 26.0 Å². The summed E-state index contributed by atoms with van der Waals surface area (Å²) in [7, 11) is -2.22. The number of nitrogens with zero attached hydrogens (tertiary/aromatic N) is 1. The Morgan fingerprint density at radius 1 is 1.38 bits per heavy atom. The van der Waals surface area contributed by atoms with Gasteiger partial charge in [0.25, 0.3) is 5.69 Å². The molecule has 7 heteroatoms. The van der Waals surface area contributed by atoms with Crippen molar-refractivity contribution in [2.75, 3.05) is 0 Å². The maximum absolute atomic E-state index is 10.8. The fraction of sp³-hybridized carbons (Fsp3) is 0.333. The van der Waals surface area contributed by atoms with Gasteiger partial charge in [-0.25, -0.2) is 0 Å². The first-order chi connectivity index (χ1) is 7.33. The molecular weight excluding hydrogens is 231 g/mol. The SMILES string of the molecule is CC(C)(O[P+](N)=O)c1ccc([N+](=O)[O-])cc1. The molecule has 86 valence electrons. The summed E-state index contributed by atoms with van der Waals surface area (Å²) >= 11 is 0. The number of hydrogen-bond donors (Lipinski definition) is 1. The van der Waals surface area contributed by atoms with E-state index in [-0.39, 0.29) is 5.69 Å². The molecule has 0 fully saturated rings. The standard InChI is InChI=1S/C9H12N2O4P/c1-9(2,15-16(10)14)7-3-5-8(6-4-7)11(12)13/h3-6H,1-2H3,(H2,10,14)/q+1. The molecule has 1 atom stereocenters. The normalized spacial score (nSPS) is 12.3. The lowest BCUT2D eigenvalue weighted by atomic mass is 9.98. The van der Waals surface area contributed by atoms with Gasteiger partial charge in [0.05, 0.1) is 4.92 Å². The molecule has 16 heavy (non-hydrogen) atoms. The molecule has 0 aliphatic rings. The summed E-state index contributed by atoms with van der Waals surface area (Å²) in [5.41, 5.74) is 4.91. The van der Waals surface area contributed by atoms with E-state index in [1.807, 2.05) is 0 Å². The van der Waals surface area contributed by atoms with Crippen LogP contribution in [0.1, 0.15) is 19.4 Å². The van der Waals surface area contributed by atoms with Crippen LogP contribution in [-0.2, 0) is 14.7 Å². The maximum atomic E-state index is 10.8. The van der Waals surface area contributed by atoms with Crippen molar-refractivity contribution in [3.63, 3.8) is 0 Å². The molecule has 6 nitrogen and oxygen atoms in total. The Labute approximate surface area is 93.5 Å². The van der Waals surface area contributed by atoms with Gasteiger partial charge in [0.2, 0.25) is 0 Å². The minimum absolute atomic E-state index is 0.00307. The molecule has 0 radical (unpaired) electrons. The maximum Gasteiger partial charge on any atom is 0.611 e. The summed E-state index contributed by atoms with van der Waals surface area (Å²) in [4.78, 5) is 9.96. The minimum Gasteiger partial charge on any atom is -0.258 e. The molecule has 0 saturated carbocycles. The van der Waals surface area contributed by atoms with Crippen LogP contribution in [-0.4, -0.2) is 4.92 Å². The van der Waals surface area contributed by atoms with E-state index in [4.69, 9.17) is 10.0 Å². The van der Waals surface area contributed by atoms with Gasteiger partial charge in [0.15, 0.2) is 0 Å². The van der Waals surface area contributed by atoms with Gasteiger partial charge in [-0.3, -0.25) is 10.1 Å². The summed E-state index contributed by atoms with van der Waals surface area (Å²) in [5.74, 6) is 0. The Morgan fingerprint density at radius 3 is 2.25 bits per heavy atom. The zero-order chi connectivity index (χ0) is 12.3. The summed E-state index contributed by atoms with van der Waals surface area (Å²) in [6, 6.07) is 5.84. The molecule has 2 N–H and O–H groups in total. The lowest BCUT2D eigenvalue weighted by molar-refractivity contribution is -0.384. The number of nitro benzene ring substituents is 1. The lowest BCUT2D eigenvalue weighted by Crippen LogP contribution is -2.19. The Kier molecular flexibility index (Phi) is 3.70. The number of rotatable bonds is 4. The van der Waals surface area contributed by atoms with E-state index >= 15 is 0 Å². The number of nitro groups is 1. The van der Waals surface area contributed by atoms with E-state index < -0.39 is 18.7 Å². The number of hydrogen-bond acceptors (Lipinski definition) is 4. The first-order valence-corrected chi connectivity index (χ1v) is 5.73. The van der Waals surface area contributed by atoms with Crippen molar-refractivity contribution in [1.29, 1.82) is 0 Å². The van der Waals surface area contributed by atoms with Crippen LogP contribution in [0.25, 0.3) is 0 Å². The van der Waals surface area contributed by atoms with Crippen LogP contribution >= 0.6 is 8.18 Å². The summed E-state index contributed by atoms with van der Waals surface area (Å²) in [6.45, 7) is 3.38. The van der Waals surface area contributed by atoms with E-state index in [0.717, 1.165) is 0 Å². The van der Waals surface area contributed by atoms with Gasteiger partial charge in [-0.05, 0) is 36.1 Å². The van der Waals surface area contributed by atoms with Crippen molar-refractivity contribution in [2.45, 2.75) is 19.4 Å². The Balaban J connectivity index is 2.96. The molecule has 0 aromatic heterocycles. The third-order valence-corrected chi connectivity index (χ3v) is 2.73. The highest BCUT2D eigenvalue weighted by molar-refractivity contribution is 7.36. The molecule has 1 rings (SSSR count). The minimum atomic E-state index is -2.22. The molecular formula is C9H12N2O4P+. The average Bonchev–Trinajstić information content (AvgIpc) is 2.16. The van der Waals surface area contributed by atoms with Gasteiger partial charge >= 0.3 is 8.18 Å². The van der Waals surface area contributed by atoms with Crippen LogP contribution in [0, 0.1) is 10.1 Å². The van der Waals surface area contributed by atoms with Crippen LogP contribution in [0.5, 0.6) is 0 Å². The highest BCUT2D eigenvalue weighted by atomic mass is 31.1. The van der Waals surface area contributed by atoms with E-state index in [9.17, 15) is 14.7 Å². The average molecular weight is 243 g/mol. The molecule has 0 heterocycles. The summed E-state index contributed by atoms with van der Waals surface area (Å²) < 4.78 is 15.8. The zero-order valence-electron chi connectivity index (χ0n) is 8.91. The predicted molar refractivity (Wildman–Crippen MR) is 59.0 cm³/mol. The van der Waals surface area contributed by atoms with Gasteiger partial charge in [0, 0.05) is 12.1 Å². The molecule has 1 aromatic rings. The van der Waals surface area contributed by atoms with Crippen molar-refractivity contribution < 1.29 is 14.0 Å². The Morgan fingerprint density at radius 2 is 1.88 bits per heavy atom. The largest absolute Gasteiger partial charge is 0.611 e. The van der Waals surface area contributed by atoms with E-state index in [0.29, 0.717) is 5.56 Å². The third kappa shape index (κ3) is 3.06. The molecule has 1 aromatic carbocycles. The molecule has 0 aliphatic carbocycles. The number of benzene rings is 1. The monoisotopic (exact) mass is 243 g/mol. The molecule has 0 spiro atoms. The van der Waals surface area contributed by atoms with Crippen molar-refractivity contribution in [3.05, 3.63) is 39.9 Å². The van der Waals surface area contributed by atoms with Gasteiger partial charge in [-0.2, -0.15) is 0 Å². The van der Waals surface area contributed by atoms with Crippen LogP contribution < -0.4 is 5.50 Å².